The van der Waals surface area contributed by atoms with Gasteiger partial charge in [-0.05, 0) is 38.9 Å². The number of piperidine rings is 2. The van der Waals surface area contributed by atoms with Crippen molar-refractivity contribution in [3.05, 3.63) is 11.2 Å². The zero-order valence-electron chi connectivity index (χ0n) is 15.1. The number of aromatic nitrogens is 2. The van der Waals surface area contributed by atoms with E-state index >= 15 is 0 Å². The lowest BCUT2D eigenvalue weighted by Crippen LogP contribution is -2.61. The van der Waals surface area contributed by atoms with Gasteiger partial charge in [-0.25, -0.2) is 0 Å². The van der Waals surface area contributed by atoms with E-state index in [2.05, 4.69) is 31.9 Å². The second-order valence-corrected chi connectivity index (χ2v) is 8.17. The van der Waals surface area contributed by atoms with Crippen molar-refractivity contribution in [2.24, 2.45) is 0 Å². The van der Waals surface area contributed by atoms with Crippen LogP contribution in [-0.2, 0) is 0 Å². The third-order valence-corrected chi connectivity index (χ3v) is 6.36. The summed E-state index contributed by atoms with van der Waals surface area (Å²) in [5, 5.41) is 19.3. The number of hydrogen-bond donors (Lipinski definition) is 1. The monoisotopic (exact) mass is 363 g/mol. The highest BCUT2D eigenvalue weighted by molar-refractivity contribution is 6.45. The van der Waals surface area contributed by atoms with E-state index in [-0.39, 0.29) is 7.05 Å². The zero-order chi connectivity index (χ0) is 17.6. The van der Waals surface area contributed by atoms with Crippen LogP contribution in [0.1, 0.15) is 38.5 Å². The van der Waals surface area contributed by atoms with Crippen LogP contribution in [0.3, 0.4) is 0 Å². The zero-order valence-corrected chi connectivity index (χ0v) is 15.9. The average Bonchev–Trinajstić information content (AvgIpc) is 2.73. The van der Waals surface area contributed by atoms with Crippen molar-refractivity contribution in [1.82, 2.24) is 15.0 Å². The van der Waals surface area contributed by atoms with Gasteiger partial charge in [0.1, 0.15) is 0 Å². The molecule has 6 nitrogen and oxygen atoms in total. The highest BCUT2D eigenvalue weighted by atomic mass is 35.5. The fraction of sp³-hybridized carbons (Fsp3) is 0.765. The lowest BCUT2D eigenvalue weighted by atomic mass is 9.70. The lowest BCUT2D eigenvalue weighted by Gasteiger charge is -2.52. The molecule has 0 aromatic carbocycles. The van der Waals surface area contributed by atoms with Crippen molar-refractivity contribution >= 4 is 30.2 Å². The van der Waals surface area contributed by atoms with Crippen molar-refractivity contribution in [3.63, 3.8) is 0 Å². The fourth-order valence-electron chi connectivity index (χ4n) is 5.15. The summed E-state index contributed by atoms with van der Waals surface area (Å²) in [7, 11) is 1.75. The van der Waals surface area contributed by atoms with Crippen LogP contribution in [-0.4, -0.2) is 65.3 Å². The second kappa shape index (κ2) is 6.93. The molecule has 3 atom stereocenters. The molecule has 2 bridgehead atoms. The predicted octanol–water partition coefficient (Wildman–Crippen LogP) is 2.27. The molecule has 136 valence electrons. The van der Waals surface area contributed by atoms with Crippen LogP contribution >= 0.6 is 11.6 Å². The van der Waals surface area contributed by atoms with Gasteiger partial charge in [-0.1, -0.05) is 18.0 Å². The minimum absolute atomic E-state index is 0.350. The molecule has 0 spiro atoms. The van der Waals surface area contributed by atoms with E-state index in [1.54, 1.807) is 0 Å². The Labute approximate surface area is 155 Å². The number of nitrogens with zero attached hydrogens (tertiary/aromatic N) is 5. The molecule has 2 saturated heterocycles. The molecular weight excluding hydrogens is 336 g/mol. The molecule has 0 amide bonds. The molecule has 0 saturated carbocycles. The van der Waals surface area contributed by atoms with Gasteiger partial charge >= 0.3 is 7.05 Å². The van der Waals surface area contributed by atoms with Crippen LogP contribution in [0.4, 0.5) is 11.5 Å². The quantitative estimate of drug-likeness (QED) is 0.814. The fourth-order valence-corrected chi connectivity index (χ4v) is 5.29. The highest BCUT2D eigenvalue weighted by Crippen LogP contribution is 2.40. The Morgan fingerprint density at radius 2 is 1.84 bits per heavy atom. The van der Waals surface area contributed by atoms with Gasteiger partial charge in [0, 0.05) is 44.3 Å². The summed E-state index contributed by atoms with van der Waals surface area (Å²) < 4.78 is 0. The first-order valence-electron chi connectivity index (χ1n) is 9.51. The summed E-state index contributed by atoms with van der Waals surface area (Å²) in [6.07, 6.45) is 6.94. The Kier molecular flexibility index (Phi) is 4.82. The van der Waals surface area contributed by atoms with Crippen LogP contribution in [0.15, 0.2) is 6.07 Å². The van der Waals surface area contributed by atoms with Gasteiger partial charge in [-0.3, -0.25) is 0 Å². The van der Waals surface area contributed by atoms with E-state index in [9.17, 15) is 5.02 Å². The van der Waals surface area contributed by atoms with E-state index in [4.69, 9.17) is 11.6 Å². The van der Waals surface area contributed by atoms with E-state index < -0.39 is 0 Å². The summed E-state index contributed by atoms with van der Waals surface area (Å²) in [5.41, 5.74) is 1.08. The molecule has 4 heterocycles. The first-order valence-corrected chi connectivity index (χ1v) is 9.89. The van der Waals surface area contributed by atoms with Crippen molar-refractivity contribution < 1.29 is 5.02 Å². The summed E-state index contributed by atoms with van der Waals surface area (Å²) >= 11 is 6.11. The lowest BCUT2D eigenvalue weighted by molar-refractivity contribution is 0.0896. The average molecular weight is 364 g/mol. The molecule has 4 rings (SSSR count). The largest absolute Gasteiger partial charge is 0.437 e. The van der Waals surface area contributed by atoms with Crippen LogP contribution < -0.4 is 9.80 Å². The van der Waals surface area contributed by atoms with Gasteiger partial charge in [0.2, 0.25) is 0 Å². The van der Waals surface area contributed by atoms with Gasteiger partial charge in [0.15, 0.2) is 11.0 Å². The molecule has 1 N–H and O–H groups in total. The predicted molar refractivity (Wildman–Crippen MR) is 102 cm³/mol. The van der Waals surface area contributed by atoms with Crippen molar-refractivity contribution in [1.29, 1.82) is 0 Å². The standard InChI is InChI=1S/C17H27BClN5O/c1-18(25)24-12-5-3-6-13(24)10-14(9-12)23-8-4-7-22(2)15-11-16(19)20-21-17(15)23/h11-14,25H,3-10H2,1-2H3/t12-,13?,14-/m0/s1. The maximum absolute atomic E-state index is 10.2. The van der Waals surface area contributed by atoms with Crippen LogP contribution in [0, 0.1) is 0 Å². The molecular formula is C17H27BClN5O. The SMILES string of the molecule is CB(O)N1C2CCC[C@H]1C[C@H](N1CCCN(C)c3cc(Cl)nnc31)C2. The molecule has 1 aromatic rings. The van der Waals surface area contributed by atoms with E-state index in [1.807, 2.05) is 12.9 Å². The molecule has 1 unspecified atom stereocenters. The third-order valence-electron chi connectivity index (χ3n) is 6.18. The molecule has 3 aliphatic rings. The van der Waals surface area contributed by atoms with Crippen LogP contribution in [0.25, 0.3) is 0 Å². The second-order valence-electron chi connectivity index (χ2n) is 7.79. The topological polar surface area (TPSA) is 55.7 Å². The minimum atomic E-state index is -0.350. The number of anilines is 2. The first kappa shape index (κ1) is 17.4. The summed E-state index contributed by atoms with van der Waals surface area (Å²) in [5.74, 6) is 0.970. The molecule has 25 heavy (non-hydrogen) atoms. The number of rotatable bonds is 2. The molecule has 3 aliphatic heterocycles. The Balaban J connectivity index is 1.63. The highest BCUT2D eigenvalue weighted by Gasteiger charge is 2.43. The van der Waals surface area contributed by atoms with Gasteiger partial charge < -0.3 is 19.6 Å². The van der Waals surface area contributed by atoms with Crippen LogP contribution in [0.2, 0.25) is 12.0 Å². The van der Waals surface area contributed by atoms with Gasteiger partial charge in [0.25, 0.3) is 0 Å². The smallest absolute Gasteiger partial charge is 0.376 e. The third kappa shape index (κ3) is 3.22. The first-order chi connectivity index (χ1) is 12.0. The van der Waals surface area contributed by atoms with Gasteiger partial charge in [0.05, 0.1) is 5.69 Å². The van der Waals surface area contributed by atoms with Crippen molar-refractivity contribution in [3.8, 4) is 0 Å². The van der Waals surface area contributed by atoms with Gasteiger partial charge in [-0.15, -0.1) is 10.2 Å². The Morgan fingerprint density at radius 3 is 2.52 bits per heavy atom. The van der Waals surface area contributed by atoms with Crippen molar-refractivity contribution in [2.45, 2.75) is 63.5 Å². The molecule has 0 aliphatic carbocycles. The van der Waals surface area contributed by atoms with E-state index in [1.165, 1.54) is 19.3 Å². The number of fused-ring (bicyclic) bond motifs is 3. The molecule has 1 aromatic heterocycles. The van der Waals surface area contributed by atoms with Gasteiger partial charge in [-0.2, -0.15) is 0 Å². The van der Waals surface area contributed by atoms with E-state index in [0.717, 1.165) is 43.9 Å². The minimum Gasteiger partial charge on any atom is -0.437 e. The number of hydrogen-bond acceptors (Lipinski definition) is 6. The Hall–Kier alpha value is -1.05. The van der Waals surface area contributed by atoms with Crippen LogP contribution in [0.5, 0.6) is 0 Å². The summed E-state index contributed by atoms with van der Waals surface area (Å²) in [4.78, 5) is 7.05. The van der Waals surface area contributed by atoms with Crippen molar-refractivity contribution in [2.75, 3.05) is 29.9 Å². The molecule has 2 fully saturated rings. The summed E-state index contributed by atoms with van der Waals surface area (Å²) in [6.45, 7) is 3.92. The maximum atomic E-state index is 10.2. The molecule has 8 heteroatoms. The summed E-state index contributed by atoms with van der Waals surface area (Å²) in [6, 6.07) is 3.35. The number of halogens is 1. The van der Waals surface area contributed by atoms with E-state index in [0.29, 0.717) is 23.3 Å². The Bertz CT molecular complexity index is 619. The Morgan fingerprint density at radius 1 is 1.12 bits per heavy atom. The normalized spacial score (nSPS) is 30.0. The maximum Gasteiger partial charge on any atom is 0.376 e. The molecule has 0 radical (unpaired) electrons.